The van der Waals surface area contributed by atoms with Gasteiger partial charge in [0.25, 0.3) is 0 Å². The zero-order valence-corrected chi connectivity index (χ0v) is 10.1. The summed E-state index contributed by atoms with van der Waals surface area (Å²) in [6, 6.07) is 6.05. The Morgan fingerprint density at radius 2 is 2.35 bits per heavy atom. The molecule has 0 radical (unpaired) electrons. The van der Waals surface area contributed by atoms with E-state index in [1.807, 2.05) is 19.1 Å². The standard InChI is InChI=1S/C14H18O3/c1-2-11(14(15)16)8-10-5-6-13-12(9-10)4-3-7-17-13/h5-6,9,11H,2-4,7-8H2,1H3,(H,15,16). The van der Waals surface area contributed by atoms with Crippen LogP contribution < -0.4 is 4.74 Å². The van der Waals surface area contributed by atoms with E-state index in [-0.39, 0.29) is 5.92 Å². The smallest absolute Gasteiger partial charge is 0.306 e. The quantitative estimate of drug-likeness (QED) is 0.871. The molecule has 1 N–H and O–H groups in total. The average Bonchev–Trinajstić information content (AvgIpc) is 2.35. The molecule has 1 aliphatic rings. The Labute approximate surface area is 101 Å². The van der Waals surface area contributed by atoms with Crippen molar-refractivity contribution in [1.82, 2.24) is 0 Å². The molecule has 0 saturated carbocycles. The summed E-state index contributed by atoms with van der Waals surface area (Å²) in [6.45, 7) is 2.71. The largest absolute Gasteiger partial charge is 0.493 e. The third-order valence-electron chi connectivity index (χ3n) is 3.30. The summed E-state index contributed by atoms with van der Waals surface area (Å²) in [6.07, 6.45) is 3.36. The van der Waals surface area contributed by atoms with Crippen LogP contribution in [0.1, 0.15) is 30.9 Å². The number of aliphatic carboxylic acids is 1. The van der Waals surface area contributed by atoms with Gasteiger partial charge in [0.15, 0.2) is 0 Å². The van der Waals surface area contributed by atoms with Gasteiger partial charge in [-0.15, -0.1) is 0 Å². The Morgan fingerprint density at radius 1 is 1.53 bits per heavy atom. The van der Waals surface area contributed by atoms with Crippen molar-refractivity contribution in [3.05, 3.63) is 29.3 Å². The number of carboxylic acids is 1. The fraction of sp³-hybridized carbons (Fsp3) is 0.500. The predicted octanol–water partition coefficient (Wildman–Crippen LogP) is 2.66. The van der Waals surface area contributed by atoms with E-state index in [9.17, 15) is 4.79 Å². The fourth-order valence-electron chi connectivity index (χ4n) is 2.23. The van der Waals surface area contributed by atoms with Crippen LogP contribution in [0.3, 0.4) is 0 Å². The number of ether oxygens (including phenoxy) is 1. The molecule has 3 nitrogen and oxygen atoms in total. The maximum absolute atomic E-state index is 11.0. The van der Waals surface area contributed by atoms with Gasteiger partial charge < -0.3 is 9.84 Å². The molecule has 0 bridgehead atoms. The van der Waals surface area contributed by atoms with E-state index in [1.54, 1.807) is 0 Å². The van der Waals surface area contributed by atoms with Crippen molar-refractivity contribution in [2.24, 2.45) is 5.92 Å². The summed E-state index contributed by atoms with van der Waals surface area (Å²) in [4.78, 5) is 11.0. The summed E-state index contributed by atoms with van der Waals surface area (Å²) in [5.41, 5.74) is 2.32. The van der Waals surface area contributed by atoms with Crippen LogP contribution in [0.5, 0.6) is 5.75 Å². The molecule has 0 spiro atoms. The first-order valence-corrected chi connectivity index (χ1v) is 6.18. The van der Waals surface area contributed by atoms with Crippen LogP contribution in [-0.4, -0.2) is 17.7 Å². The van der Waals surface area contributed by atoms with E-state index in [4.69, 9.17) is 9.84 Å². The molecule has 1 aliphatic heterocycles. The van der Waals surface area contributed by atoms with Crippen molar-refractivity contribution in [1.29, 1.82) is 0 Å². The van der Waals surface area contributed by atoms with Gasteiger partial charge in [-0.05, 0) is 42.9 Å². The normalized spacial score (nSPS) is 15.8. The molecule has 0 saturated heterocycles. The second-order valence-electron chi connectivity index (χ2n) is 4.54. The molecule has 1 heterocycles. The summed E-state index contributed by atoms with van der Waals surface area (Å²) in [7, 11) is 0. The maximum atomic E-state index is 11.0. The number of carbonyl (C=O) groups is 1. The number of rotatable bonds is 4. The number of fused-ring (bicyclic) bond motifs is 1. The zero-order valence-electron chi connectivity index (χ0n) is 10.1. The number of benzene rings is 1. The summed E-state index contributed by atoms with van der Waals surface area (Å²) in [5, 5.41) is 9.05. The second kappa shape index (κ2) is 5.21. The number of carboxylic acid groups (broad SMARTS) is 1. The number of hydrogen-bond donors (Lipinski definition) is 1. The van der Waals surface area contributed by atoms with Crippen molar-refractivity contribution < 1.29 is 14.6 Å². The molecule has 0 amide bonds. The molecule has 1 aromatic rings. The molecule has 0 aliphatic carbocycles. The van der Waals surface area contributed by atoms with E-state index in [2.05, 4.69) is 6.07 Å². The molecule has 3 heteroatoms. The third-order valence-corrected chi connectivity index (χ3v) is 3.30. The van der Waals surface area contributed by atoms with Gasteiger partial charge in [-0.3, -0.25) is 4.79 Å². The fourth-order valence-corrected chi connectivity index (χ4v) is 2.23. The minimum absolute atomic E-state index is 0.280. The van der Waals surface area contributed by atoms with Gasteiger partial charge in [-0.2, -0.15) is 0 Å². The van der Waals surface area contributed by atoms with Gasteiger partial charge in [-0.25, -0.2) is 0 Å². The predicted molar refractivity (Wildman–Crippen MR) is 65.4 cm³/mol. The average molecular weight is 234 g/mol. The van der Waals surface area contributed by atoms with Gasteiger partial charge >= 0.3 is 5.97 Å². The lowest BCUT2D eigenvalue weighted by molar-refractivity contribution is -0.141. The topological polar surface area (TPSA) is 46.5 Å². The summed E-state index contributed by atoms with van der Waals surface area (Å²) >= 11 is 0. The molecular weight excluding hydrogens is 216 g/mol. The molecule has 1 atom stereocenters. The first-order chi connectivity index (χ1) is 8.20. The highest BCUT2D eigenvalue weighted by Crippen LogP contribution is 2.26. The van der Waals surface area contributed by atoms with Crippen LogP contribution in [-0.2, 0) is 17.6 Å². The van der Waals surface area contributed by atoms with Crippen LogP contribution in [0.25, 0.3) is 0 Å². The summed E-state index contributed by atoms with van der Waals surface area (Å²) < 4.78 is 5.54. The minimum atomic E-state index is -0.707. The van der Waals surface area contributed by atoms with Gasteiger partial charge in [0.1, 0.15) is 5.75 Å². The van der Waals surface area contributed by atoms with Crippen molar-refractivity contribution in [3.8, 4) is 5.75 Å². The van der Waals surface area contributed by atoms with Crippen LogP contribution in [0.4, 0.5) is 0 Å². The molecule has 0 aromatic heterocycles. The van der Waals surface area contributed by atoms with Crippen LogP contribution in [0.2, 0.25) is 0 Å². The summed E-state index contributed by atoms with van der Waals surface area (Å²) in [5.74, 6) is -0.0256. The van der Waals surface area contributed by atoms with Crippen molar-refractivity contribution >= 4 is 5.97 Å². The Hall–Kier alpha value is -1.51. The highest BCUT2D eigenvalue weighted by Gasteiger charge is 2.17. The van der Waals surface area contributed by atoms with Crippen LogP contribution in [0.15, 0.2) is 18.2 Å². The SMILES string of the molecule is CCC(Cc1ccc2c(c1)CCCO2)C(=O)O. The molecule has 2 rings (SSSR count). The van der Waals surface area contributed by atoms with Crippen LogP contribution in [0, 0.1) is 5.92 Å². The van der Waals surface area contributed by atoms with Gasteiger partial charge in [-0.1, -0.05) is 19.1 Å². The lowest BCUT2D eigenvalue weighted by Gasteiger charge is -2.18. The van der Waals surface area contributed by atoms with E-state index in [0.29, 0.717) is 12.8 Å². The lowest BCUT2D eigenvalue weighted by Crippen LogP contribution is -2.16. The van der Waals surface area contributed by atoms with E-state index in [1.165, 1.54) is 5.56 Å². The zero-order chi connectivity index (χ0) is 12.3. The molecule has 0 fully saturated rings. The van der Waals surface area contributed by atoms with Gasteiger partial charge in [0.2, 0.25) is 0 Å². The van der Waals surface area contributed by atoms with Crippen LogP contribution >= 0.6 is 0 Å². The first-order valence-electron chi connectivity index (χ1n) is 6.18. The van der Waals surface area contributed by atoms with Gasteiger partial charge in [0.05, 0.1) is 12.5 Å². The molecule has 92 valence electrons. The van der Waals surface area contributed by atoms with Crippen molar-refractivity contribution in [2.45, 2.75) is 32.6 Å². The van der Waals surface area contributed by atoms with Crippen molar-refractivity contribution in [2.75, 3.05) is 6.61 Å². The Kier molecular flexibility index (Phi) is 3.67. The highest BCUT2D eigenvalue weighted by atomic mass is 16.5. The van der Waals surface area contributed by atoms with E-state index >= 15 is 0 Å². The molecule has 1 unspecified atom stereocenters. The molecular formula is C14H18O3. The second-order valence-corrected chi connectivity index (χ2v) is 4.54. The third kappa shape index (κ3) is 2.78. The Balaban J connectivity index is 2.14. The van der Waals surface area contributed by atoms with Gasteiger partial charge in [0, 0.05) is 0 Å². The minimum Gasteiger partial charge on any atom is -0.493 e. The Morgan fingerprint density at radius 3 is 3.06 bits per heavy atom. The number of aryl methyl sites for hydroxylation is 1. The maximum Gasteiger partial charge on any atom is 0.306 e. The number of hydrogen-bond acceptors (Lipinski definition) is 2. The van der Waals surface area contributed by atoms with Crippen molar-refractivity contribution in [3.63, 3.8) is 0 Å². The lowest BCUT2D eigenvalue weighted by atomic mass is 9.94. The first kappa shape index (κ1) is 12.0. The van der Waals surface area contributed by atoms with E-state index in [0.717, 1.165) is 30.8 Å². The van der Waals surface area contributed by atoms with E-state index < -0.39 is 5.97 Å². The molecule has 17 heavy (non-hydrogen) atoms. The molecule has 1 aromatic carbocycles. The monoisotopic (exact) mass is 234 g/mol. The highest BCUT2D eigenvalue weighted by molar-refractivity contribution is 5.70. The Bertz CT molecular complexity index is 412.